The summed E-state index contributed by atoms with van der Waals surface area (Å²) in [6.07, 6.45) is 0. The van der Waals surface area contributed by atoms with Gasteiger partial charge in [0.2, 0.25) is 5.78 Å². The number of hydrogen-bond acceptors (Lipinski definition) is 3. The van der Waals surface area contributed by atoms with Crippen LogP contribution in [0.2, 0.25) is 0 Å². The fourth-order valence-corrected chi connectivity index (χ4v) is 2.60. The number of benzene rings is 1. The molecule has 3 nitrogen and oxygen atoms in total. The van der Waals surface area contributed by atoms with Crippen LogP contribution < -0.4 is 5.73 Å². The first kappa shape index (κ1) is 11.1. The van der Waals surface area contributed by atoms with Gasteiger partial charge in [-0.25, -0.2) is 4.99 Å². The van der Waals surface area contributed by atoms with E-state index >= 15 is 0 Å². The first-order chi connectivity index (χ1) is 8.65. The molecule has 0 fully saturated rings. The quantitative estimate of drug-likeness (QED) is 0.764. The Bertz CT molecular complexity index is 663. The van der Waals surface area contributed by atoms with Crippen LogP contribution in [0.3, 0.4) is 0 Å². The molecule has 0 spiro atoms. The second kappa shape index (κ2) is 3.75. The molecular weight excluding hydrogens is 224 g/mol. The van der Waals surface area contributed by atoms with Crippen molar-refractivity contribution >= 4 is 22.8 Å². The van der Waals surface area contributed by atoms with Crippen LogP contribution in [0, 0.1) is 0 Å². The van der Waals surface area contributed by atoms with E-state index in [-0.39, 0.29) is 12.3 Å². The highest BCUT2D eigenvalue weighted by atomic mass is 16.1. The molecule has 1 aromatic carbocycles. The van der Waals surface area contributed by atoms with E-state index < -0.39 is 0 Å². The lowest BCUT2D eigenvalue weighted by Gasteiger charge is -2.19. The van der Waals surface area contributed by atoms with E-state index in [0.717, 1.165) is 28.0 Å². The van der Waals surface area contributed by atoms with Gasteiger partial charge >= 0.3 is 0 Å². The molecule has 18 heavy (non-hydrogen) atoms. The van der Waals surface area contributed by atoms with Crippen molar-refractivity contribution in [3.05, 3.63) is 46.5 Å². The third kappa shape index (κ3) is 1.28. The van der Waals surface area contributed by atoms with Crippen molar-refractivity contribution < 1.29 is 4.79 Å². The van der Waals surface area contributed by atoms with Crippen molar-refractivity contribution in [3.8, 4) is 0 Å². The highest BCUT2D eigenvalue weighted by molar-refractivity contribution is 6.63. The standard InChI is InChI=1S/C15H14N2O/c1-8-9(2)13-10-5-3-4-6-12(10)17-14(13)15(18)11(8)7-16/h3-6H,7,16H2,1-2H3. The molecule has 1 aromatic rings. The minimum absolute atomic E-state index is 0.0215. The Labute approximate surface area is 106 Å². The molecule has 1 aliphatic heterocycles. The number of rotatable bonds is 1. The lowest BCUT2D eigenvalue weighted by atomic mass is 9.83. The maximum Gasteiger partial charge on any atom is 0.209 e. The number of ketones is 1. The average Bonchev–Trinajstić information content (AvgIpc) is 2.76. The van der Waals surface area contributed by atoms with Crippen molar-refractivity contribution in [1.82, 2.24) is 0 Å². The van der Waals surface area contributed by atoms with E-state index in [9.17, 15) is 4.79 Å². The number of hydrogen-bond donors (Lipinski definition) is 1. The molecular formula is C15H14N2O. The summed E-state index contributed by atoms with van der Waals surface area (Å²) in [6.45, 7) is 4.26. The van der Waals surface area contributed by atoms with Gasteiger partial charge in [0.05, 0.1) is 5.69 Å². The summed E-state index contributed by atoms with van der Waals surface area (Å²) in [6, 6.07) is 7.86. The first-order valence-electron chi connectivity index (χ1n) is 5.99. The zero-order valence-electron chi connectivity index (χ0n) is 10.4. The van der Waals surface area contributed by atoms with Gasteiger partial charge in [-0.3, -0.25) is 4.79 Å². The van der Waals surface area contributed by atoms with Gasteiger partial charge in [0.25, 0.3) is 0 Å². The maximum atomic E-state index is 12.4. The maximum absolute atomic E-state index is 12.4. The van der Waals surface area contributed by atoms with Crippen LogP contribution in [-0.2, 0) is 4.79 Å². The van der Waals surface area contributed by atoms with E-state index in [2.05, 4.69) is 4.99 Å². The summed E-state index contributed by atoms with van der Waals surface area (Å²) >= 11 is 0. The molecule has 0 amide bonds. The SMILES string of the molecule is CC1=C(CN)C(=O)C2=Nc3ccccc3C2=C1C. The van der Waals surface area contributed by atoms with Crippen LogP contribution in [0.25, 0.3) is 5.57 Å². The smallest absolute Gasteiger partial charge is 0.209 e. The lowest BCUT2D eigenvalue weighted by Crippen LogP contribution is -2.26. The Morgan fingerprint density at radius 1 is 1.17 bits per heavy atom. The van der Waals surface area contributed by atoms with Crippen LogP contribution >= 0.6 is 0 Å². The van der Waals surface area contributed by atoms with E-state index in [1.807, 2.05) is 38.1 Å². The fraction of sp³-hybridized carbons (Fsp3) is 0.200. The molecule has 0 radical (unpaired) electrons. The topological polar surface area (TPSA) is 55.5 Å². The monoisotopic (exact) mass is 238 g/mol. The second-order valence-corrected chi connectivity index (χ2v) is 4.61. The molecule has 2 N–H and O–H groups in total. The Hall–Kier alpha value is -2.00. The molecule has 0 bridgehead atoms. The van der Waals surface area contributed by atoms with Crippen molar-refractivity contribution in [2.24, 2.45) is 10.7 Å². The Kier molecular flexibility index (Phi) is 2.31. The summed E-state index contributed by atoms with van der Waals surface area (Å²) in [4.78, 5) is 16.8. The molecule has 90 valence electrons. The Balaban J connectivity index is 2.32. The van der Waals surface area contributed by atoms with E-state index in [1.165, 1.54) is 0 Å². The number of carbonyl (C=O) groups excluding carboxylic acids is 1. The van der Waals surface area contributed by atoms with Gasteiger partial charge in [0, 0.05) is 23.3 Å². The van der Waals surface area contributed by atoms with Gasteiger partial charge in [-0.2, -0.15) is 0 Å². The van der Waals surface area contributed by atoms with Crippen LogP contribution in [0.4, 0.5) is 5.69 Å². The van der Waals surface area contributed by atoms with Crippen LogP contribution in [0.15, 0.2) is 46.0 Å². The molecule has 0 atom stereocenters. The molecule has 0 saturated heterocycles. The Morgan fingerprint density at radius 2 is 1.89 bits per heavy atom. The van der Waals surface area contributed by atoms with E-state index in [1.54, 1.807) is 0 Å². The Morgan fingerprint density at radius 3 is 2.61 bits per heavy atom. The van der Waals surface area contributed by atoms with E-state index in [4.69, 9.17) is 5.73 Å². The number of allylic oxidation sites excluding steroid dienone is 3. The van der Waals surface area contributed by atoms with Crippen molar-refractivity contribution in [3.63, 3.8) is 0 Å². The van der Waals surface area contributed by atoms with Crippen LogP contribution in [0.5, 0.6) is 0 Å². The minimum atomic E-state index is -0.0215. The summed E-state index contributed by atoms with van der Waals surface area (Å²) in [5.41, 5.74) is 11.9. The molecule has 0 saturated carbocycles. The highest BCUT2D eigenvalue weighted by Gasteiger charge is 2.33. The fourth-order valence-electron chi connectivity index (χ4n) is 2.60. The minimum Gasteiger partial charge on any atom is -0.326 e. The predicted molar refractivity (Wildman–Crippen MR) is 72.9 cm³/mol. The third-order valence-electron chi connectivity index (χ3n) is 3.73. The number of Topliss-reactive ketones (excluding diaryl/α,β-unsaturated/α-hetero) is 1. The number of para-hydroxylation sites is 1. The van der Waals surface area contributed by atoms with Gasteiger partial charge in [0.15, 0.2) is 0 Å². The summed E-state index contributed by atoms with van der Waals surface area (Å²) in [5, 5.41) is 0. The van der Waals surface area contributed by atoms with Gasteiger partial charge in [-0.1, -0.05) is 18.2 Å². The second-order valence-electron chi connectivity index (χ2n) is 4.61. The van der Waals surface area contributed by atoms with Crippen LogP contribution in [-0.4, -0.2) is 18.0 Å². The normalized spacial score (nSPS) is 17.9. The summed E-state index contributed by atoms with van der Waals surface area (Å²) in [5.74, 6) is -0.0215. The molecule has 0 aromatic heterocycles. The summed E-state index contributed by atoms with van der Waals surface area (Å²) < 4.78 is 0. The number of aliphatic imine (C=N–C) groups is 1. The van der Waals surface area contributed by atoms with Gasteiger partial charge in [-0.15, -0.1) is 0 Å². The van der Waals surface area contributed by atoms with Gasteiger partial charge in [0.1, 0.15) is 5.71 Å². The molecule has 3 rings (SSSR count). The molecule has 0 unspecified atom stereocenters. The molecule has 1 aliphatic carbocycles. The zero-order chi connectivity index (χ0) is 12.9. The number of fused-ring (bicyclic) bond motifs is 3. The van der Waals surface area contributed by atoms with Crippen LogP contribution in [0.1, 0.15) is 19.4 Å². The van der Waals surface area contributed by atoms with E-state index in [0.29, 0.717) is 11.3 Å². The number of carbonyl (C=O) groups is 1. The molecule has 2 aliphatic rings. The lowest BCUT2D eigenvalue weighted by molar-refractivity contribution is -0.109. The zero-order valence-corrected chi connectivity index (χ0v) is 10.4. The first-order valence-corrected chi connectivity index (χ1v) is 5.99. The van der Waals surface area contributed by atoms with Gasteiger partial charge in [-0.05, 0) is 31.1 Å². The molecule has 1 heterocycles. The highest BCUT2D eigenvalue weighted by Crippen LogP contribution is 2.41. The largest absolute Gasteiger partial charge is 0.326 e. The summed E-state index contributed by atoms with van der Waals surface area (Å²) in [7, 11) is 0. The number of nitrogens with zero attached hydrogens (tertiary/aromatic N) is 1. The number of nitrogens with two attached hydrogens (primary N) is 1. The third-order valence-corrected chi connectivity index (χ3v) is 3.73. The van der Waals surface area contributed by atoms with Crippen molar-refractivity contribution in [1.29, 1.82) is 0 Å². The van der Waals surface area contributed by atoms with Crippen molar-refractivity contribution in [2.45, 2.75) is 13.8 Å². The van der Waals surface area contributed by atoms with Gasteiger partial charge < -0.3 is 5.73 Å². The molecule has 3 heteroatoms. The van der Waals surface area contributed by atoms with Crippen molar-refractivity contribution in [2.75, 3.05) is 6.54 Å². The predicted octanol–water partition coefficient (Wildman–Crippen LogP) is 2.40. The average molecular weight is 238 g/mol.